The number of halogens is 1. The molecule has 0 unspecified atom stereocenters. The molecule has 1 heterocycles. The molecule has 0 atom stereocenters. The molecule has 0 fully saturated rings. The van der Waals surface area contributed by atoms with Crippen molar-refractivity contribution in [3.63, 3.8) is 0 Å². The van der Waals surface area contributed by atoms with Gasteiger partial charge in [-0.2, -0.15) is 0 Å². The number of hydrogen-bond donors (Lipinski definition) is 1. The van der Waals surface area contributed by atoms with E-state index in [2.05, 4.69) is 5.32 Å². The van der Waals surface area contributed by atoms with Crippen LogP contribution in [-0.4, -0.2) is 45.4 Å². The number of amides is 2. The number of carbonyl (C=O) groups excluding carboxylic acids is 2. The van der Waals surface area contributed by atoms with E-state index in [1.807, 2.05) is 6.07 Å². The van der Waals surface area contributed by atoms with Gasteiger partial charge in [0.05, 0.1) is 12.2 Å². The molecule has 2 aromatic carbocycles. The van der Waals surface area contributed by atoms with E-state index in [1.165, 1.54) is 19.1 Å². The van der Waals surface area contributed by atoms with Gasteiger partial charge in [-0.05, 0) is 35.9 Å². The van der Waals surface area contributed by atoms with Gasteiger partial charge in [-0.1, -0.05) is 35.9 Å². The van der Waals surface area contributed by atoms with Crippen LogP contribution in [0, 0.1) is 0 Å². The Hall–Kier alpha value is -2.87. The van der Waals surface area contributed by atoms with Crippen LogP contribution in [0.3, 0.4) is 0 Å². The van der Waals surface area contributed by atoms with Gasteiger partial charge in [0.15, 0.2) is 17.8 Å². The van der Waals surface area contributed by atoms with Gasteiger partial charge in [0, 0.05) is 19.2 Å². The Balaban J connectivity index is 1.83. The van der Waals surface area contributed by atoms with Gasteiger partial charge in [0.1, 0.15) is 6.54 Å². The first-order valence-corrected chi connectivity index (χ1v) is 9.28. The average molecular weight is 417 g/mol. The molecule has 2 aromatic rings. The van der Waals surface area contributed by atoms with Crippen molar-refractivity contribution in [2.24, 2.45) is 0 Å². The zero-order valence-corrected chi connectivity index (χ0v) is 16.8. The molecule has 8 heteroatoms. The number of para-hydroxylation sites is 2. The minimum atomic E-state index is -0.565. The molecule has 0 saturated carbocycles. The summed E-state index contributed by atoms with van der Waals surface area (Å²) in [4.78, 5) is 26.8. The maximum Gasteiger partial charge on any atom is 0.294 e. The van der Waals surface area contributed by atoms with E-state index in [1.54, 1.807) is 48.5 Å². The third-order valence-corrected chi connectivity index (χ3v) is 4.51. The number of anilines is 1. The standard InChI is InChI=1S/C21H21ClN2O5/c1-27-20(28-2)12-23-19(25)13-24-16-8-3-4-9-17(16)29-18(21(24)26)11-14-6-5-7-15(22)10-14/h3-11,20H,12-13H2,1-2H3,(H,23,25)/b18-11+. The number of carbonyl (C=O) groups is 2. The van der Waals surface area contributed by atoms with E-state index < -0.39 is 12.2 Å². The van der Waals surface area contributed by atoms with Gasteiger partial charge >= 0.3 is 0 Å². The van der Waals surface area contributed by atoms with Crippen molar-refractivity contribution in [2.75, 3.05) is 32.2 Å². The predicted molar refractivity (Wildman–Crippen MR) is 110 cm³/mol. The summed E-state index contributed by atoms with van der Waals surface area (Å²) in [6.07, 6.45) is 1.03. The maximum atomic E-state index is 13.0. The second kappa shape index (κ2) is 9.56. The van der Waals surface area contributed by atoms with E-state index in [0.717, 1.165) is 0 Å². The smallest absolute Gasteiger partial charge is 0.294 e. The van der Waals surface area contributed by atoms with Crippen molar-refractivity contribution in [1.29, 1.82) is 0 Å². The van der Waals surface area contributed by atoms with E-state index in [9.17, 15) is 9.59 Å². The van der Waals surface area contributed by atoms with Crippen LogP contribution >= 0.6 is 11.6 Å². The third-order valence-electron chi connectivity index (χ3n) is 4.27. The van der Waals surface area contributed by atoms with Crippen LogP contribution in [0.15, 0.2) is 54.3 Å². The molecule has 0 radical (unpaired) electrons. The van der Waals surface area contributed by atoms with E-state index in [4.69, 9.17) is 25.8 Å². The highest BCUT2D eigenvalue weighted by molar-refractivity contribution is 6.30. The lowest BCUT2D eigenvalue weighted by molar-refractivity contribution is -0.127. The van der Waals surface area contributed by atoms with Crippen LogP contribution < -0.4 is 15.0 Å². The lowest BCUT2D eigenvalue weighted by Gasteiger charge is -2.30. The van der Waals surface area contributed by atoms with Gasteiger partial charge in [0.2, 0.25) is 5.91 Å². The van der Waals surface area contributed by atoms with Gasteiger partial charge in [-0.3, -0.25) is 14.5 Å². The molecule has 0 aliphatic carbocycles. The van der Waals surface area contributed by atoms with Crippen molar-refractivity contribution in [2.45, 2.75) is 6.29 Å². The Labute approximate surface area is 173 Å². The first-order chi connectivity index (χ1) is 14.0. The average Bonchev–Trinajstić information content (AvgIpc) is 2.72. The highest BCUT2D eigenvalue weighted by Gasteiger charge is 2.31. The molecular formula is C21H21ClN2O5. The van der Waals surface area contributed by atoms with Crippen LogP contribution in [0.25, 0.3) is 6.08 Å². The quantitative estimate of drug-likeness (QED) is 0.554. The van der Waals surface area contributed by atoms with Crippen molar-refractivity contribution in [3.8, 4) is 5.75 Å². The van der Waals surface area contributed by atoms with Crippen molar-refractivity contribution in [1.82, 2.24) is 5.32 Å². The van der Waals surface area contributed by atoms with E-state index in [0.29, 0.717) is 22.0 Å². The molecule has 1 aliphatic heterocycles. The fourth-order valence-corrected chi connectivity index (χ4v) is 3.03. The molecule has 7 nitrogen and oxygen atoms in total. The van der Waals surface area contributed by atoms with Crippen LogP contribution in [-0.2, 0) is 19.1 Å². The predicted octanol–water partition coefficient (Wildman–Crippen LogP) is 2.84. The summed E-state index contributed by atoms with van der Waals surface area (Å²) in [5, 5.41) is 3.24. The summed E-state index contributed by atoms with van der Waals surface area (Å²) >= 11 is 6.02. The minimum absolute atomic E-state index is 0.102. The topological polar surface area (TPSA) is 77.1 Å². The second-order valence-corrected chi connectivity index (χ2v) is 6.67. The lowest BCUT2D eigenvalue weighted by atomic mass is 10.1. The summed E-state index contributed by atoms with van der Waals surface area (Å²) < 4.78 is 15.9. The molecular weight excluding hydrogens is 396 g/mol. The Morgan fingerprint density at radius 2 is 1.97 bits per heavy atom. The van der Waals surface area contributed by atoms with Gasteiger partial charge in [-0.15, -0.1) is 0 Å². The number of ether oxygens (including phenoxy) is 3. The molecule has 0 spiro atoms. The first kappa shape index (κ1) is 20.9. The second-order valence-electron chi connectivity index (χ2n) is 6.23. The summed E-state index contributed by atoms with van der Waals surface area (Å²) in [5.41, 5.74) is 1.23. The normalized spacial score (nSPS) is 14.7. The van der Waals surface area contributed by atoms with E-state index in [-0.39, 0.29) is 24.8 Å². The Morgan fingerprint density at radius 1 is 1.21 bits per heavy atom. The maximum absolute atomic E-state index is 13.0. The van der Waals surface area contributed by atoms with Crippen molar-refractivity contribution < 1.29 is 23.8 Å². The largest absolute Gasteiger partial charge is 0.449 e. The molecule has 1 N–H and O–H groups in total. The molecule has 0 saturated heterocycles. The Kier molecular flexibility index (Phi) is 6.87. The molecule has 0 bridgehead atoms. The molecule has 3 rings (SSSR count). The Bertz CT molecular complexity index is 927. The SMILES string of the molecule is COC(CNC(=O)CN1C(=O)/C(=C\c2cccc(Cl)c2)Oc2ccccc21)OC. The van der Waals surface area contributed by atoms with Crippen molar-refractivity contribution in [3.05, 3.63) is 64.9 Å². The lowest BCUT2D eigenvalue weighted by Crippen LogP contribution is -2.45. The van der Waals surface area contributed by atoms with Gasteiger partial charge in [-0.25, -0.2) is 0 Å². The monoisotopic (exact) mass is 416 g/mol. The summed E-state index contributed by atoms with van der Waals surface area (Å²) in [6.45, 7) is -0.0105. The first-order valence-electron chi connectivity index (χ1n) is 8.90. The minimum Gasteiger partial charge on any atom is -0.449 e. The number of methoxy groups -OCH3 is 2. The molecule has 2 amide bonds. The number of nitrogens with zero attached hydrogens (tertiary/aromatic N) is 1. The van der Waals surface area contributed by atoms with Gasteiger partial charge in [0.25, 0.3) is 5.91 Å². The molecule has 0 aromatic heterocycles. The number of rotatable bonds is 7. The van der Waals surface area contributed by atoms with Crippen LogP contribution in [0.2, 0.25) is 5.02 Å². The summed E-state index contributed by atoms with van der Waals surface area (Å²) in [5.74, 6) is -0.185. The summed E-state index contributed by atoms with van der Waals surface area (Å²) in [7, 11) is 2.96. The number of benzene rings is 2. The fraction of sp³-hybridized carbons (Fsp3) is 0.238. The number of nitrogens with one attached hydrogen (secondary N) is 1. The summed E-state index contributed by atoms with van der Waals surface area (Å²) in [6, 6.07) is 14.1. The Morgan fingerprint density at radius 3 is 2.69 bits per heavy atom. The van der Waals surface area contributed by atoms with E-state index >= 15 is 0 Å². The molecule has 1 aliphatic rings. The fourth-order valence-electron chi connectivity index (χ4n) is 2.83. The highest BCUT2D eigenvalue weighted by Crippen LogP contribution is 2.35. The van der Waals surface area contributed by atoms with Crippen LogP contribution in [0.5, 0.6) is 5.75 Å². The highest BCUT2D eigenvalue weighted by atomic mass is 35.5. The molecule has 152 valence electrons. The number of fused-ring (bicyclic) bond motifs is 1. The zero-order valence-electron chi connectivity index (χ0n) is 16.1. The van der Waals surface area contributed by atoms with Gasteiger partial charge < -0.3 is 19.5 Å². The third kappa shape index (κ3) is 5.14. The van der Waals surface area contributed by atoms with Crippen LogP contribution in [0.1, 0.15) is 5.56 Å². The van der Waals surface area contributed by atoms with Crippen LogP contribution in [0.4, 0.5) is 5.69 Å². The zero-order chi connectivity index (χ0) is 20.8. The molecule has 29 heavy (non-hydrogen) atoms. The van der Waals surface area contributed by atoms with Crippen molar-refractivity contribution >= 4 is 35.2 Å². The number of hydrogen-bond acceptors (Lipinski definition) is 5.